The largest absolute Gasteiger partial charge is 0.480 e. The third-order valence-corrected chi connectivity index (χ3v) is 4.14. The summed E-state index contributed by atoms with van der Waals surface area (Å²) in [5.41, 5.74) is 0. The number of hydrogen-bond acceptors (Lipinski definition) is 2. The van der Waals surface area contributed by atoms with Gasteiger partial charge in [0.25, 0.3) is 0 Å². The van der Waals surface area contributed by atoms with Gasteiger partial charge in [-0.3, -0.25) is 0 Å². The van der Waals surface area contributed by atoms with Crippen LogP contribution in [0.3, 0.4) is 0 Å². The van der Waals surface area contributed by atoms with E-state index in [-0.39, 0.29) is 11.9 Å². The van der Waals surface area contributed by atoms with Gasteiger partial charge in [0.15, 0.2) is 0 Å². The molecule has 1 rings (SSSR count). The van der Waals surface area contributed by atoms with E-state index in [0.29, 0.717) is 19.0 Å². The van der Waals surface area contributed by atoms with Gasteiger partial charge >= 0.3 is 12.0 Å². The van der Waals surface area contributed by atoms with Crippen molar-refractivity contribution in [2.75, 3.05) is 13.1 Å². The number of carboxylic acid groups (broad SMARTS) is 1. The molecule has 1 saturated heterocycles. The number of hydrogen-bond donors (Lipinski definition) is 2. The number of rotatable bonds is 5. The van der Waals surface area contributed by atoms with Crippen molar-refractivity contribution >= 4 is 12.0 Å². The maximum absolute atomic E-state index is 12.1. The average Bonchev–Trinajstić information content (AvgIpc) is 2.38. The number of nitrogens with zero attached hydrogens (tertiary/aromatic N) is 1. The van der Waals surface area contributed by atoms with Crippen LogP contribution in [0.5, 0.6) is 0 Å². The van der Waals surface area contributed by atoms with Gasteiger partial charge in [0.2, 0.25) is 0 Å². The Morgan fingerprint density at radius 3 is 2.53 bits per heavy atom. The Morgan fingerprint density at radius 2 is 2.00 bits per heavy atom. The summed E-state index contributed by atoms with van der Waals surface area (Å²) in [6.07, 6.45) is 3.79. The maximum Gasteiger partial charge on any atom is 0.326 e. The van der Waals surface area contributed by atoms with Crippen molar-refractivity contribution in [2.24, 2.45) is 11.8 Å². The van der Waals surface area contributed by atoms with E-state index < -0.39 is 12.0 Å². The first-order chi connectivity index (χ1) is 9.01. The zero-order chi connectivity index (χ0) is 14.4. The molecule has 0 spiro atoms. The van der Waals surface area contributed by atoms with Gasteiger partial charge in [-0.1, -0.05) is 33.6 Å². The van der Waals surface area contributed by atoms with Crippen LogP contribution in [-0.4, -0.2) is 41.1 Å². The van der Waals surface area contributed by atoms with Gasteiger partial charge < -0.3 is 15.3 Å². The summed E-state index contributed by atoms with van der Waals surface area (Å²) in [4.78, 5) is 24.9. The maximum atomic E-state index is 12.1. The Hall–Kier alpha value is -1.26. The summed E-state index contributed by atoms with van der Waals surface area (Å²) in [7, 11) is 0. The highest BCUT2D eigenvalue weighted by atomic mass is 16.4. The van der Waals surface area contributed by atoms with E-state index in [1.54, 1.807) is 0 Å². The lowest BCUT2D eigenvalue weighted by Gasteiger charge is -2.37. The van der Waals surface area contributed by atoms with Gasteiger partial charge in [0, 0.05) is 13.1 Å². The van der Waals surface area contributed by atoms with Crippen molar-refractivity contribution < 1.29 is 14.7 Å². The minimum atomic E-state index is -0.898. The highest BCUT2D eigenvalue weighted by Gasteiger charge is 2.36. The van der Waals surface area contributed by atoms with Gasteiger partial charge in [-0.15, -0.1) is 0 Å². The van der Waals surface area contributed by atoms with Crippen LogP contribution in [0.1, 0.15) is 46.5 Å². The van der Waals surface area contributed by atoms with Crippen LogP contribution in [0.25, 0.3) is 0 Å². The highest BCUT2D eigenvalue weighted by molar-refractivity contribution is 5.83. The van der Waals surface area contributed by atoms with E-state index in [9.17, 15) is 14.7 Å². The highest BCUT2D eigenvalue weighted by Crippen LogP contribution is 2.23. The molecule has 0 saturated carbocycles. The molecule has 0 bridgehead atoms. The normalized spacial score (nSPS) is 23.5. The predicted octanol–water partition coefficient (Wildman–Crippen LogP) is 2.32. The number of nitrogens with one attached hydrogen (secondary N) is 1. The van der Waals surface area contributed by atoms with E-state index in [1.807, 2.05) is 6.92 Å². The van der Waals surface area contributed by atoms with Crippen molar-refractivity contribution in [3.63, 3.8) is 0 Å². The fourth-order valence-corrected chi connectivity index (χ4v) is 2.70. The lowest BCUT2D eigenvalue weighted by atomic mass is 9.91. The minimum Gasteiger partial charge on any atom is -0.480 e. The Morgan fingerprint density at radius 1 is 1.37 bits per heavy atom. The van der Waals surface area contributed by atoms with Crippen molar-refractivity contribution in [3.05, 3.63) is 0 Å². The van der Waals surface area contributed by atoms with E-state index in [1.165, 1.54) is 4.90 Å². The van der Waals surface area contributed by atoms with Crippen LogP contribution < -0.4 is 5.32 Å². The second kappa shape index (κ2) is 7.36. The van der Waals surface area contributed by atoms with Gasteiger partial charge in [0.1, 0.15) is 6.04 Å². The first-order valence-corrected chi connectivity index (χ1v) is 7.28. The molecule has 2 atom stereocenters. The number of carboxylic acids is 1. The van der Waals surface area contributed by atoms with Gasteiger partial charge in [0.05, 0.1) is 0 Å². The smallest absolute Gasteiger partial charge is 0.326 e. The predicted molar refractivity (Wildman–Crippen MR) is 74.0 cm³/mol. The lowest BCUT2D eigenvalue weighted by Crippen LogP contribution is -2.55. The number of aliphatic carboxylic acids is 1. The van der Waals surface area contributed by atoms with Crippen LogP contribution in [0.15, 0.2) is 0 Å². The summed E-state index contributed by atoms with van der Waals surface area (Å²) < 4.78 is 0. The number of carbonyl (C=O) groups excluding carboxylic acids is 1. The molecule has 1 fully saturated rings. The van der Waals surface area contributed by atoms with Gasteiger partial charge in [-0.2, -0.15) is 0 Å². The summed E-state index contributed by atoms with van der Waals surface area (Å²) in [5, 5.41) is 12.2. The zero-order valence-corrected chi connectivity index (χ0v) is 12.2. The Balaban J connectivity index is 2.60. The SMILES string of the molecule is CCC(CC)CNC(=O)N1CCCC(C)C1C(=O)O. The summed E-state index contributed by atoms with van der Waals surface area (Å²) in [6, 6.07) is -0.915. The molecule has 110 valence electrons. The Kier molecular flexibility index (Phi) is 6.12. The molecule has 2 unspecified atom stereocenters. The van der Waals surface area contributed by atoms with E-state index in [0.717, 1.165) is 25.7 Å². The zero-order valence-electron chi connectivity index (χ0n) is 12.2. The first kappa shape index (κ1) is 15.8. The quantitative estimate of drug-likeness (QED) is 0.805. The number of likely N-dealkylation sites (tertiary alicyclic amines) is 1. The molecule has 5 nitrogen and oxygen atoms in total. The molecular formula is C14H26N2O3. The van der Waals surface area contributed by atoms with E-state index in [2.05, 4.69) is 19.2 Å². The minimum absolute atomic E-state index is 0.0187. The molecule has 1 aliphatic rings. The standard InChI is InChI=1S/C14H26N2O3/c1-4-11(5-2)9-15-14(19)16-8-6-7-10(3)12(16)13(17)18/h10-12H,4-9H2,1-3H3,(H,15,19)(H,17,18). The van der Waals surface area contributed by atoms with Crippen LogP contribution in [0.2, 0.25) is 0 Å². The summed E-state index contributed by atoms with van der Waals surface area (Å²) >= 11 is 0. The summed E-state index contributed by atoms with van der Waals surface area (Å²) in [6.45, 7) is 7.27. The van der Waals surface area contributed by atoms with E-state index in [4.69, 9.17) is 0 Å². The monoisotopic (exact) mass is 270 g/mol. The van der Waals surface area contributed by atoms with Crippen LogP contribution in [0.4, 0.5) is 4.79 Å². The molecule has 1 aliphatic heterocycles. The van der Waals surface area contributed by atoms with Crippen LogP contribution in [0, 0.1) is 11.8 Å². The van der Waals surface area contributed by atoms with Crippen LogP contribution >= 0.6 is 0 Å². The second-order valence-corrected chi connectivity index (χ2v) is 5.46. The molecule has 0 aromatic heterocycles. The third kappa shape index (κ3) is 4.11. The molecule has 0 aromatic carbocycles. The Labute approximate surface area is 115 Å². The number of carbonyl (C=O) groups is 2. The van der Waals surface area contributed by atoms with Crippen molar-refractivity contribution in [1.29, 1.82) is 0 Å². The first-order valence-electron chi connectivity index (χ1n) is 7.28. The second-order valence-electron chi connectivity index (χ2n) is 5.46. The van der Waals surface area contributed by atoms with Crippen molar-refractivity contribution in [3.8, 4) is 0 Å². The van der Waals surface area contributed by atoms with Gasteiger partial charge in [-0.05, 0) is 24.7 Å². The molecule has 2 N–H and O–H groups in total. The van der Waals surface area contributed by atoms with Crippen molar-refractivity contribution in [1.82, 2.24) is 10.2 Å². The topological polar surface area (TPSA) is 69.6 Å². The fraction of sp³-hybridized carbons (Fsp3) is 0.857. The van der Waals surface area contributed by atoms with Crippen LogP contribution in [-0.2, 0) is 4.79 Å². The third-order valence-electron chi connectivity index (χ3n) is 4.14. The molecule has 0 radical (unpaired) electrons. The average molecular weight is 270 g/mol. The molecule has 1 heterocycles. The lowest BCUT2D eigenvalue weighted by molar-refractivity contribution is -0.145. The number of piperidine rings is 1. The van der Waals surface area contributed by atoms with E-state index >= 15 is 0 Å². The summed E-state index contributed by atoms with van der Waals surface area (Å²) in [5.74, 6) is -0.413. The molecule has 5 heteroatoms. The number of amides is 2. The van der Waals surface area contributed by atoms with Gasteiger partial charge in [-0.25, -0.2) is 9.59 Å². The molecule has 19 heavy (non-hydrogen) atoms. The molecule has 2 amide bonds. The molecular weight excluding hydrogens is 244 g/mol. The molecule has 0 aromatic rings. The Bertz CT molecular complexity index is 316. The number of urea groups is 1. The van der Waals surface area contributed by atoms with Crippen molar-refractivity contribution in [2.45, 2.75) is 52.5 Å². The molecule has 0 aliphatic carbocycles. The fourth-order valence-electron chi connectivity index (χ4n) is 2.70.